The van der Waals surface area contributed by atoms with Crippen LogP contribution in [-0.4, -0.2) is 41.6 Å². The Balaban J connectivity index is 0.00000420. The predicted molar refractivity (Wildman–Crippen MR) is 148 cm³/mol. The number of hydrogen-bond acceptors (Lipinski definition) is 8. The van der Waals surface area contributed by atoms with Crippen LogP contribution in [0.3, 0.4) is 0 Å². The number of hydrogen-bond donors (Lipinski definition) is 0. The summed E-state index contributed by atoms with van der Waals surface area (Å²) in [6.45, 7) is 8.40. The largest absolute Gasteiger partial charge is 1.00 e. The number of aryl methyl sites for hydroxylation is 1. The standard InChI is InChI=1S/C27H27BrN5O4S.Na/c1-18-5-7-19(8-6-18)23-24(33-38(34,35)22-11-9-20(10-12-22)27(2,3)4)31-17-32-25(23)36-13-14-37-26-29-15-21(28)16-30-26;/h5-12,15-17H,13-14H2,1-4H3;/q-1;+1. The second-order valence-electron chi connectivity index (χ2n) is 9.46. The first-order valence-electron chi connectivity index (χ1n) is 11.8. The van der Waals surface area contributed by atoms with Crippen LogP contribution in [0.25, 0.3) is 15.8 Å². The summed E-state index contributed by atoms with van der Waals surface area (Å²) < 4.78 is 42.7. The molecule has 0 atom stereocenters. The Labute approximate surface area is 259 Å². The molecule has 0 saturated carbocycles. The van der Waals surface area contributed by atoms with Gasteiger partial charge in [0.05, 0.1) is 9.37 Å². The van der Waals surface area contributed by atoms with E-state index in [-0.39, 0.29) is 70.8 Å². The van der Waals surface area contributed by atoms with E-state index in [1.807, 2.05) is 31.2 Å². The molecule has 0 unspecified atom stereocenters. The summed E-state index contributed by atoms with van der Waals surface area (Å²) in [5.41, 5.74) is 2.98. The molecule has 0 spiro atoms. The maximum Gasteiger partial charge on any atom is 1.00 e. The van der Waals surface area contributed by atoms with Crippen molar-refractivity contribution in [1.29, 1.82) is 0 Å². The molecule has 4 aromatic rings. The van der Waals surface area contributed by atoms with Crippen LogP contribution in [0.2, 0.25) is 0 Å². The van der Waals surface area contributed by atoms with Crippen LogP contribution in [0.4, 0.5) is 5.82 Å². The van der Waals surface area contributed by atoms with Crippen LogP contribution in [0, 0.1) is 6.92 Å². The molecule has 0 aliphatic heterocycles. The van der Waals surface area contributed by atoms with E-state index in [0.29, 0.717) is 11.1 Å². The van der Waals surface area contributed by atoms with Gasteiger partial charge in [0, 0.05) is 24.3 Å². The third-order valence-corrected chi connectivity index (χ3v) is 7.20. The normalized spacial score (nSPS) is 11.4. The number of halogens is 1. The van der Waals surface area contributed by atoms with Gasteiger partial charge < -0.3 is 19.2 Å². The second kappa shape index (κ2) is 13.2. The van der Waals surface area contributed by atoms with Crippen molar-refractivity contribution in [3.8, 4) is 23.0 Å². The number of nitrogens with zero attached hydrogens (tertiary/aromatic N) is 5. The van der Waals surface area contributed by atoms with Gasteiger partial charge in [0.1, 0.15) is 13.2 Å². The van der Waals surface area contributed by atoms with E-state index in [0.717, 1.165) is 15.6 Å². The molecular weight excluding hydrogens is 593 g/mol. The van der Waals surface area contributed by atoms with Crippen molar-refractivity contribution in [1.82, 2.24) is 19.9 Å². The van der Waals surface area contributed by atoms with Gasteiger partial charge in [-0.15, -0.1) is 0 Å². The molecule has 39 heavy (non-hydrogen) atoms. The van der Waals surface area contributed by atoms with Crippen molar-refractivity contribution in [2.75, 3.05) is 13.2 Å². The van der Waals surface area contributed by atoms with Crippen LogP contribution in [0.5, 0.6) is 11.9 Å². The predicted octanol–water partition coefficient (Wildman–Crippen LogP) is 3.16. The molecule has 0 fully saturated rings. The Hall–Kier alpha value is -2.57. The zero-order chi connectivity index (χ0) is 27.3. The molecule has 12 heteroatoms. The molecule has 2 heterocycles. The van der Waals surface area contributed by atoms with Gasteiger partial charge in [-0.2, -0.15) is 0 Å². The Morgan fingerprint density at radius 3 is 2.10 bits per heavy atom. The van der Waals surface area contributed by atoms with Gasteiger partial charge in [-0.05, 0) is 57.3 Å². The Morgan fingerprint density at radius 1 is 0.872 bits per heavy atom. The van der Waals surface area contributed by atoms with Crippen LogP contribution in [0.1, 0.15) is 31.9 Å². The van der Waals surface area contributed by atoms with E-state index >= 15 is 0 Å². The Kier molecular flexibility index (Phi) is 10.5. The molecule has 0 aliphatic rings. The third-order valence-electron chi connectivity index (χ3n) is 5.51. The van der Waals surface area contributed by atoms with Gasteiger partial charge >= 0.3 is 35.6 Å². The summed E-state index contributed by atoms with van der Waals surface area (Å²) in [6.07, 6.45) is 4.38. The summed E-state index contributed by atoms with van der Waals surface area (Å²) in [7, 11) is -4.06. The first-order chi connectivity index (χ1) is 18.0. The molecule has 0 aliphatic carbocycles. The Bertz CT molecular complexity index is 1500. The topological polar surface area (TPSA) is 118 Å². The number of rotatable bonds is 9. The monoisotopic (exact) mass is 619 g/mol. The minimum atomic E-state index is -4.06. The zero-order valence-electron chi connectivity index (χ0n) is 22.4. The SMILES string of the molecule is Cc1ccc(-c2c([N-]S(=O)(=O)c3ccc(C(C)(C)C)cc3)ncnc2OCCOc2ncc(Br)cn2)cc1.[Na+]. The maximum absolute atomic E-state index is 13.2. The van der Waals surface area contributed by atoms with Crippen LogP contribution in [0.15, 0.2) is 76.6 Å². The van der Waals surface area contributed by atoms with Gasteiger partial charge in [-0.1, -0.05) is 62.7 Å². The fourth-order valence-corrected chi connectivity index (χ4v) is 4.61. The zero-order valence-corrected chi connectivity index (χ0v) is 26.8. The fourth-order valence-electron chi connectivity index (χ4n) is 3.45. The van der Waals surface area contributed by atoms with Gasteiger partial charge in [-0.3, -0.25) is 0 Å². The van der Waals surface area contributed by atoms with Crippen molar-refractivity contribution in [3.63, 3.8) is 0 Å². The number of sulfonamides is 1. The molecule has 0 saturated heterocycles. The smallest absolute Gasteiger partial charge is 0.474 e. The first-order valence-corrected chi connectivity index (χ1v) is 14.0. The number of ether oxygens (including phenoxy) is 2. The number of aromatic nitrogens is 4. The second-order valence-corrected chi connectivity index (χ2v) is 12.0. The van der Waals surface area contributed by atoms with E-state index in [1.165, 1.54) is 6.33 Å². The minimum Gasteiger partial charge on any atom is -0.474 e. The molecule has 0 radical (unpaired) electrons. The molecule has 4 rings (SSSR count). The van der Waals surface area contributed by atoms with Gasteiger partial charge in [-0.25, -0.2) is 23.4 Å². The molecule has 0 amide bonds. The van der Waals surface area contributed by atoms with Crippen molar-refractivity contribution in [2.24, 2.45) is 0 Å². The molecule has 0 bridgehead atoms. The summed E-state index contributed by atoms with van der Waals surface area (Å²) in [5.74, 6) is 0.164. The third kappa shape index (κ3) is 8.21. The average molecular weight is 621 g/mol. The van der Waals surface area contributed by atoms with Crippen molar-refractivity contribution >= 4 is 31.8 Å². The average Bonchev–Trinajstić information content (AvgIpc) is 2.88. The van der Waals surface area contributed by atoms with E-state index in [1.54, 1.807) is 36.7 Å². The van der Waals surface area contributed by atoms with Crippen molar-refractivity contribution < 1.29 is 47.4 Å². The van der Waals surface area contributed by atoms with Crippen LogP contribution < -0.4 is 39.0 Å². The van der Waals surface area contributed by atoms with Gasteiger partial charge in [0.2, 0.25) is 15.9 Å². The van der Waals surface area contributed by atoms with E-state index in [9.17, 15) is 8.42 Å². The van der Waals surface area contributed by atoms with Gasteiger partial charge in [0.25, 0.3) is 0 Å². The van der Waals surface area contributed by atoms with Crippen molar-refractivity contribution in [2.45, 2.75) is 38.0 Å². The maximum atomic E-state index is 13.2. The fraction of sp³-hybridized carbons (Fsp3) is 0.259. The van der Waals surface area contributed by atoms with E-state index in [2.05, 4.69) is 61.4 Å². The quantitative estimate of drug-likeness (QED) is 0.207. The summed E-state index contributed by atoms with van der Waals surface area (Å²) >= 11 is 3.27. The van der Waals surface area contributed by atoms with E-state index in [4.69, 9.17) is 9.47 Å². The summed E-state index contributed by atoms with van der Waals surface area (Å²) in [4.78, 5) is 16.6. The van der Waals surface area contributed by atoms with E-state index < -0.39 is 10.0 Å². The van der Waals surface area contributed by atoms with Gasteiger partial charge in [0.15, 0.2) is 0 Å². The summed E-state index contributed by atoms with van der Waals surface area (Å²) in [6, 6.07) is 14.4. The number of benzene rings is 2. The molecular formula is C27H27BrN5NaO4S. The molecule has 2 aromatic heterocycles. The first kappa shape index (κ1) is 31.0. The summed E-state index contributed by atoms with van der Waals surface area (Å²) in [5, 5.41) is 0. The van der Waals surface area contributed by atoms with Crippen molar-refractivity contribution in [3.05, 3.63) is 87.6 Å². The van der Waals surface area contributed by atoms with Crippen LogP contribution >= 0.6 is 15.9 Å². The molecule has 9 nitrogen and oxygen atoms in total. The Morgan fingerprint density at radius 2 is 1.49 bits per heavy atom. The van der Waals surface area contributed by atoms with Crippen LogP contribution in [-0.2, 0) is 15.4 Å². The molecule has 198 valence electrons. The minimum absolute atomic E-state index is 0. The molecule has 2 aromatic carbocycles. The molecule has 0 N–H and O–H groups in total.